The Bertz CT molecular complexity index is 636. The minimum atomic E-state index is -1.21. The van der Waals surface area contributed by atoms with E-state index in [1.165, 1.54) is 24.2 Å². The molecule has 0 bridgehead atoms. The van der Waals surface area contributed by atoms with Gasteiger partial charge < -0.3 is 15.8 Å². The smallest absolute Gasteiger partial charge is 0.323 e. The third-order valence-corrected chi connectivity index (χ3v) is 4.11. The fourth-order valence-electron chi connectivity index (χ4n) is 2.07. The maximum atomic E-state index is 11.0. The summed E-state index contributed by atoms with van der Waals surface area (Å²) in [5.74, 6) is -0.981. The van der Waals surface area contributed by atoms with Crippen molar-refractivity contribution in [2.45, 2.75) is 43.1 Å². The van der Waals surface area contributed by atoms with Crippen LogP contribution in [0, 0.1) is 6.92 Å². The lowest BCUT2D eigenvalue weighted by Crippen LogP contribution is -2.46. The molecule has 1 aromatic carbocycles. The number of fused-ring (bicyclic) bond motifs is 1. The second-order valence-corrected chi connectivity index (χ2v) is 6.84. The van der Waals surface area contributed by atoms with Crippen LogP contribution in [0.4, 0.5) is 0 Å². The molecule has 0 saturated heterocycles. The van der Waals surface area contributed by atoms with Crippen LogP contribution in [-0.4, -0.2) is 31.8 Å². The average molecular weight is 293 g/mol. The van der Waals surface area contributed by atoms with Crippen LogP contribution in [0.25, 0.3) is 11.0 Å². The average Bonchev–Trinajstić information content (AvgIpc) is 2.68. The van der Waals surface area contributed by atoms with Crippen molar-refractivity contribution >= 4 is 28.8 Å². The molecular weight excluding hydrogens is 274 g/mol. The van der Waals surface area contributed by atoms with Gasteiger partial charge in [0.1, 0.15) is 5.54 Å². The Morgan fingerprint density at radius 1 is 1.60 bits per heavy atom. The Labute approximate surface area is 122 Å². The Kier molecular flexibility index (Phi) is 4.06. The highest BCUT2D eigenvalue weighted by Crippen LogP contribution is 2.28. The summed E-state index contributed by atoms with van der Waals surface area (Å²) in [5.41, 5.74) is 7.63. The van der Waals surface area contributed by atoms with Crippen molar-refractivity contribution in [3.63, 3.8) is 0 Å². The van der Waals surface area contributed by atoms with Gasteiger partial charge in [-0.05, 0) is 38.0 Å². The standard InChI is InChI=1S/C14H19N3O2S/c1-8-4-5-10-11(6-8)17-13(16-10)20-9(2)7-14(3,15)12(18)19/h4-6,9H,7,15H2,1-3H3,(H,16,17)(H,18,19). The fourth-order valence-corrected chi connectivity index (χ4v) is 3.20. The summed E-state index contributed by atoms with van der Waals surface area (Å²) in [6.07, 6.45) is 0.378. The monoisotopic (exact) mass is 293 g/mol. The van der Waals surface area contributed by atoms with Gasteiger partial charge >= 0.3 is 5.97 Å². The number of aryl methyl sites for hydroxylation is 1. The summed E-state index contributed by atoms with van der Waals surface area (Å²) in [6.45, 7) is 5.52. The van der Waals surface area contributed by atoms with Crippen LogP contribution in [-0.2, 0) is 4.79 Å². The maximum Gasteiger partial charge on any atom is 0.323 e. The minimum absolute atomic E-state index is 0.0581. The number of H-pyrrole nitrogens is 1. The molecule has 1 aromatic heterocycles. The number of nitrogens with zero attached hydrogens (tertiary/aromatic N) is 1. The lowest BCUT2D eigenvalue weighted by molar-refractivity contribution is -0.142. The number of carboxylic acid groups (broad SMARTS) is 1. The number of nitrogens with two attached hydrogens (primary N) is 1. The molecule has 20 heavy (non-hydrogen) atoms. The highest BCUT2D eigenvalue weighted by Gasteiger charge is 2.30. The van der Waals surface area contributed by atoms with Crippen molar-refractivity contribution in [2.24, 2.45) is 5.73 Å². The molecular formula is C14H19N3O2S. The van der Waals surface area contributed by atoms with Gasteiger partial charge in [-0.2, -0.15) is 0 Å². The molecule has 4 N–H and O–H groups in total. The zero-order valence-electron chi connectivity index (χ0n) is 11.8. The maximum absolute atomic E-state index is 11.0. The Morgan fingerprint density at radius 3 is 2.95 bits per heavy atom. The molecule has 2 rings (SSSR count). The van der Waals surface area contributed by atoms with Crippen LogP contribution in [0.15, 0.2) is 23.4 Å². The number of imidazole rings is 1. The van der Waals surface area contributed by atoms with E-state index in [-0.39, 0.29) is 5.25 Å². The van der Waals surface area contributed by atoms with Crippen LogP contribution in [0.1, 0.15) is 25.8 Å². The molecule has 2 aromatic rings. The van der Waals surface area contributed by atoms with Crippen molar-refractivity contribution in [3.05, 3.63) is 23.8 Å². The molecule has 6 heteroatoms. The first-order chi connectivity index (χ1) is 9.28. The summed E-state index contributed by atoms with van der Waals surface area (Å²) >= 11 is 1.51. The largest absolute Gasteiger partial charge is 0.480 e. The van der Waals surface area contributed by atoms with Crippen LogP contribution in [0.5, 0.6) is 0 Å². The molecule has 0 fully saturated rings. The molecule has 0 saturated carbocycles. The van der Waals surface area contributed by atoms with E-state index >= 15 is 0 Å². The number of nitrogens with one attached hydrogen (secondary N) is 1. The van der Waals surface area contributed by atoms with Gasteiger partial charge in [0, 0.05) is 5.25 Å². The summed E-state index contributed by atoms with van der Waals surface area (Å²) in [6, 6.07) is 6.03. The number of carboxylic acids is 1. The number of hydrogen-bond acceptors (Lipinski definition) is 4. The quantitative estimate of drug-likeness (QED) is 0.737. The zero-order chi connectivity index (χ0) is 14.9. The van der Waals surface area contributed by atoms with Gasteiger partial charge in [-0.25, -0.2) is 4.98 Å². The second-order valence-electron chi connectivity index (χ2n) is 5.42. The number of aromatic amines is 1. The SMILES string of the molecule is Cc1ccc2nc(SC(C)CC(C)(N)C(=O)O)[nH]c2c1. The van der Waals surface area contributed by atoms with E-state index in [0.29, 0.717) is 6.42 Å². The molecule has 0 spiro atoms. The van der Waals surface area contributed by atoms with E-state index in [4.69, 9.17) is 10.8 Å². The van der Waals surface area contributed by atoms with E-state index in [1.54, 1.807) is 0 Å². The first-order valence-electron chi connectivity index (χ1n) is 6.43. The highest BCUT2D eigenvalue weighted by molar-refractivity contribution is 7.99. The van der Waals surface area contributed by atoms with Crippen molar-refractivity contribution < 1.29 is 9.90 Å². The Hall–Kier alpha value is -1.53. The van der Waals surface area contributed by atoms with Gasteiger partial charge in [0.25, 0.3) is 0 Å². The lowest BCUT2D eigenvalue weighted by atomic mass is 9.98. The zero-order valence-corrected chi connectivity index (χ0v) is 12.6. The summed E-state index contributed by atoms with van der Waals surface area (Å²) < 4.78 is 0. The predicted molar refractivity (Wildman–Crippen MR) is 81.0 cm³/mol. The first-order valence-corrected chi connectivity index (χ1v) is 7.31. The fraction of sp³-hybridized carbons (Fsp3) is 0.429. The van der Waals surface area contributed by atoms with Gasteiger partial charge in [-0.1, -0.05) is 24.8 Å². The van der Waals surface area contributed by atoms with Crippen molar-refractivity contribution in [1.82, 2.24) is 9.97 Å². The number of rotatable bonds is 5. The van der Waals surface area contributed by atoms with Gasteiger partial charge in [-0.3, -0.25) is 4.79 Å². The molecule has 0 aliphatic carbocycles. The molecule has 0 aliphatic rings. The number of thioether (sulfide) groups is 1. The Balaban J connectivity index is 2.10. The van der Waals surface area contributed by atoms with Crippen LogP contribution >= 0.6 is 11.8 Å². The molecule has 0 radical (unpaired) electrons. The first kappa shape index (κ1) is 14.9. The Morgan fingerprint density at radius 2 is 2.30 bits per heavy atom. The molecule has 2 atom stereocenters. The number of aliphatic carboxylic acids is 1. The highest BCUT2D eigenvalue weighted by atomic mass is 32.2. The van der Waals surface area contributed by atoms with Crippen molar-refractivity contribution in [1.29, 1.82) is 0 Å². The molecule has 0 amide bonds. The van der Waals surface area contributed by atoms with E-state index in [0.717, 1.165) is 16.2 Å². The number of carbonyl (C=O) groups is 1. The van der Waals surface area contributed by atoms with E-state index in [1.807, 2.05) is 32.0 Å². The predicted octanol–water partition coefficient (Wildman–Crippen LogP) is 2.54. The van der Waals surface area contributed by atoms with Crippen molar-refractivity contribution in [3.8, 4) is 0 Å². The van der Waals surface area contributed by atoms with Crippen molar-refractivity contribution in [2.75, 3.05) is 0 Å². The van der Waals surface area contributed by atoms with E-state index in [9.17, 15) is 4.79 Å². The normalized spacial score (nSPS) is 16.0. The lowest BCUT2D eigenvalue weighted by Gasteiger charge is -2.22. The van der Waals surface area contributed by atoms with Gasteiger partial charge in [-0.15, -0.1) is 0 Å². The molecule has 2 unspecified atom stereocenters. The summed E-state index contributed by atoms with van der Waals surface area (Å²) in [4.78, 5) is 18.8. The summed E-state index contributed by atoms with van der Waals surface area (Å²) in [7, 11) is 0. The topological polar surface area (TPSA) is 92.0 Å². The molecule has 108 valence electrons. The second kappa shape index (κ2) is 5.46. The molecule has 5 nitrogen and oxygen atoms in total. The van der Waals surface area contributed by atoms with E-state index < -0.39 is 11.5 Å². The van der Waals surface area contributed by atoms with Gasteiger partial charge in [0.2, 0.25) is 0 Å². The van der Waals surface area contributed by atoms with E-state index in [2.05, 4.69) is 9.97 Å². The number of aromatic nitrogens is 2. The van der Waals surface area contributed by atoms with Crippen LogP contribution < -0.4 is 5.73 Å². The third kappa shape index (κ3) is 3.32. The third-order valence-electron chi connectivity index (χ3n) is 3.13. The van der Waals surface area contributed by atoms with Crippen LogP contribution in [0.3, 0.4) is 0 Å². The summed E-state index contributed by atoms with van der Waals surface area (Å²) in [5, 5.41) is 9.89. The minimum Gasteiger partial charge on any atom is -0.480 e. The van der Waals surface area contributed by atoms with Gasteiger partial charge in [0.15, 0.2) is 5.16 Å². The number of hydrogen-bond donors (Lipinski definition) is 3. The number of benzene rings is 1. The van der Waals surface area contributed by atoms with Gasteiger partial charge in [0.05, 0.1) is 11.0 Å². The molecule has 1 heterocycles. The molecule has 0 aliphatic heterocycles. The van der Waals surface area contributed by atoms with Crippen LogP contribution in [0.2, 0.25) is 0 Å².